The van der Waals surface area contributed by atoms with Crippen LogP contribution in [0.3, 0.4) is 0 Å². The first-order valence-corrected chi connectivity index (χ1v) is 17.7. The highest BCUT2D eigenvalue weighted by Crippen LogP contribution is 2.27. The molecular weight excluding hydrogens is 578 g/mol. The number of aliphatic imine (C=N–C) groups is 1. The molecule has 0 aromatic heterocycles. The first-order chi connectivity index (χ1) is 19.5. The lowest BCUT2D eigenvalue weighted by Crippen LogP contribution is -2.24. The van der Waals surface area contributed by atoms with E-state index in [0.717, 1.165) is 55.9 Å². The van der Waals surface area contributed by atoms with Crippen molar-refractivity contribution in [3.05, 3.63) is 57.6 Å². The fourth-order valence-corrected chi connectivity index (χ4v) is 7.42. The summed E-state index contributed by atoms with van der Waals surface area (Å²) in [6, 6.07) is 6.64. The van der Waals surface area contributed by atoms with Gasteiger partial charge in [-0.15, -0.1) is 0 Å². The maximum atomic E-state index is 12.1. The first kappa shape index (κ1) is 36.8. The molecule has 12 heteroatoms. The maximum absolute atomic E-state index is 12.1. The smallest absolute Gasteiger partial charge is 0.338 e. The van der Waals surface area contributed by atoms with Crippen LogP contribution in [0.5, 0.6) is 0 Å². The van der Waals surface area contributed by atoms with Gasteiger partial charge in [0.2, 0.25) is 0 Å². The van der Waals surface area contributed by atoms with Crippen molar-refractivity contribution >= 4 is 37.5 Å². The molecule has 0 aliphatic carbocycles. The van der Waals surface area contributed by atoms with Gasteiger partial charge in [0.25, 0.3) is 5.91 Å². The van der Waals surface area contributed by atoms with Gasteiger partial charge in [0, 0.05) is 18.1 Å². The number of carbonyl (C=O) groups excluding carboxylic acids is 2. The zero-order valence-corrected chi connectivity index (χ0v) is 27.4. The lowest BCUT2D eigenvalue weighted by molar-refractivity contribution is 0.0599. The topological polar surface area (TPSA) is 176 Å². The van der Waals surface area contributed by atoms with Crippen LogP contribution in [0.25, 0.3) is 0 Å². The molecule has 0 fully saturated rings. The zero-order valence-electron chi connectivity index (χ0n) is 25.7. The summed E-state index contributed by atoms with van der Waals surface area (Å²) in [5, 5.41) is 0. The van der Waals surface area contributed by atoms with Crippen LogP contribution in [0.2, 0.25) is 0 Å². The van der Waals surface area contributed by atoms with E-state index in [2.05, 4.69) is 23.6 Å². The highest BCUT2D eigenvalue weighted by molar-refractivity contribution is 7.91. The minimum Gasteiger partial charge on any atom is -0.465 e. The molecule has 0 aliphatic rings. The molecule has 2 aromatic carbocycles. The number of guanidine groups is 1. The molecule has 0 saturated heterocycles. The van der Waals surface area contributed by atoms with Crippen molar-refractivity contribution in [2.24, 2.45) is 16.5 Å². The molecule has 1 amide bonds. The summed E-state index contributed by atoms with van der Waals surface area (Å²) in [4.78, 5) is 27.6. The van der Waals surface area contributed by atoms with E-state index < -0.39 is 31.6 Å². The number of nitrogens with zero attached hydrogens (tertiary/aromatic N) is 1. The van der Waals surface area contributed by atoms with Gasteiger partial charge in [-0.05, 0) is 73.9 Å². The van der Waals surface area contributed by atoms with Crippen molar-refractivity contribution in [1.29, 1.82) is 0 Å². The minimum absolute atomic E-state index is 0.202. The van der Waals surface area contributed by atoms with Crippen LogP contribution in [0.1, 0.15) is 95.3 Å². The number of rotatable bonds is 12. The van der Waals surface area contributed by atoms with Crippen LogP contribution in [0.4, 0.5) is 0 Å². The third-order valence-corrected chi connectivity index (χ3v) is 9.30. The molecule has 0 saturated carbocycles. The normalized spacial score (nSPS) is 11.3. The summed E-state index contributed by atoms with van der Waals surface area (Å²) >= 11 is 0. The summed E-state index contributed by atoms with van der Waals surface area (Å²) < 4.78 is 52.9. The SMILES string of the molecule is CCCCCc1ccc(C(=O)N=C(N)N)c(C)c1S(C)(=O)=O.CCCCCc1ccc(C(=O)OC)c(C)c1S(C)(=O)=O. The molecule has 0 atom stereocenters. The van der Waals surface area contributed by atoms with Crippen molar-refractivity contribution in [1.82, 2.24) is 0 Å². The number of hydrogen-bond acceptors (Lipinski definition) is 7. The van der Waals surface area contributed by atoms with E-state index in [-0.39, 0.29) is 21.3 Å². The van der Waals surface area contributed by atoms with Gasteiger partial charge < -0.3 is 16.2 Å². The van der Waals surface area contributed by atoms with Crippen LogP contribution in [0, 0.1) is 13.8 Å². The number of nitrogens with two attached hydrogens (primary N) is 2. The van der Waals surface area contributed by atoms with E-state index in [1.165, 1.54) is 13.4 Å². The highest BCUT2D eigenvalue weighted by atomic mass is 32.2. The van der Waals surface area contributed by atoms with Crippen LogP contribution in [0.15, 0.2) is 39.0 Å². The molecule has 4 N–H and O–H groups in total. The van der Waals surface area contributed by atoms with E-state index >= 15 is 0 Å². The van der Waals surface area contributed by atoms with Gasteiger partial charge >= 0.3 is 5.97 Å². The van der Waals surface area contributed by atoms with E-state index in [9.17, 15) is 26.4 Å². The lowest BCUT2D eigenvalue weighted by atomic mass is 10.0. The van der Waals surface area contributed by atoms with Crippen molar-refractivity contribution in [3.63, 3.8) is 0 Å². The number of methoxy groups -OCH3 is 1. The van der Waals surface area contributed by atoms with Gasteiger partial charge in [0.05, 0.1) is 22.5 Å². The minimum atomic E-state index is -3.45. The standard InChI is InChI=1S/C15H23N3O3S.C15H22O4S/c1-4-5-6-7-11-8-9-12(14(19)18-15(16)17)10(2)13(11)22(3,20)21;1-5-6-7-8-12-9-10-13(15(16)19-3)11(2)14(12)20(4,17)18/h8-9H,4-7H2,1-3H3,(H4,16,17,18,19);9-10H,5-8H2,1-4H3. The number of carbonyl (C=O) groups is 2. The van der Waals surface area contributed by atoms with Crippen molar-refractivity contribution in [3.8, 4) is 0 Å². The van der Waals surface area contributed by atoms with E-state index in [1.807, 2.05) is 0 Å². The molecule has 0 radical (unpaired) electrons. The number of aryl methyl sites for hydroxylation is 2. The zero-order chi connectivity index (χ0) is 32.3. The molecule has 2 aromatic rings. The number of hydrogen-bond donors (Lipinski definition) is 2. The van der Waals surface area contributed by atoms with Gasteiger partial charge in [-0.1, -0.05) is 51.7 Å². The number of amides is 1. The summed E-state index contributed by atoms with van der Waals surface area (Å²) in [5.74, 6) is -1.49. The maximum Gasteiger partial charge on any atom is 0.338 e. The number of benzene rings is 2. The molecule has 0 spiro atoms. The Kier molecular flexibility index (Phi) is 14.4. The van der Waals surface area contributed by atoms with Gasteiger partial charge in [-0.25, -0.2) is 21.6 Å². The largest absolute Gasteiger partial charge is 0.465 e. The Bertz CT molecular complexity index is 1510. The Morgan fingerprint density at radius 2 is 1.14 bits per heavy atom. The van der Waals surface area contributed by atoms with E-state index in [0.29, 0.717) is 29.5 Å². The molecule has 2 rings (SSSR count). The second-order valence-corrected chi connectivity index (χ2v) is 14.1. The summed E-state index contributed by atoms with van der Waals surface area (Å²) in [6.45, 7) is 7.45. The molecule has 0 aliphatic heterocycles. The molecule has 0 bridgehead atoms. The van der Waals surface area contributed by atoms with Crippen molar-refractivity contribution in [2.45, 2.75) is 88.9 Å². The fraction of sp³-hybridized carbons (Fsp3) is 0.500. The fourth-order valence-electron chi connectivity index (χ4n) is 4.79. The van der Waals surface area contributed by atoms with Gasteiger partial charge in [-0.3, -0.25) is 4.79 Å². The summed E-state index contributed by atoms with van der Waals surface area (Å²) in [5.41, 5.74) is 13.3. The van der Waals surface area contributed by atoms with Gasteiger partial charge in [0.15, 0.2) is 25.6 Å². The van der Waals surface area contributed by atoms with E-state index in [4.69, 9.17) is 11.5 Å². The molecule has 10 nitrogen and oxygen atoms in total. The second-order valence-electron chi connectivity index (χ2n) is 10.2. The third kappa shape index (κ3) is 10.5. The molecule has 42 heavy (non-hydrogen) atoms. The van der Waals surface area contributed by atoms with Crippen LogP contribution in [-0.4, -0.2) is 54.3 Å². The van der Waals surface area contributed by atoms with Crippen LogP contribution >= 0.6 is 0 Å². The molecule has 0 unspecified atom stereocenters. The average molecular weight is 624 g/mol. The van der Waals surface area contributed by atoms with E-state index in [1.54, 1.807) is 38.1 Å². The Balaban J connectivity index is 0.000000422. The Hall–Kier alpha value is -3.25. The molecule has 0 heterocycles. The third-order valence-electron chi connectivity index (χ3n) is 6.68. The van der Waals surface area contributed by atoms with Crippen LogP contribution < -0.4 is 11.5 Å². The first-order valence-electron chi connectivity index (χ1n) is 13.9. The average Bonchev–Trinajstić information content (AvgIpc) is 2.87. The number of ether oxygens (including phenoxy) is 1. The predicted octanol–water partition coefficient (Wildman–Crippen LogP) is 4.46. The Morgan fingerprint density at radius 3 is 1.50 bits per heavy atom. The van der Waals surface area contributed by atoms with Gasteiger partial charge in [-0.2, -0.15) is 4.99 Å². The second kappa shape index (κ2) is 16.4. The van der Waals surface area contributed by atoms with Crippen LogP contribution in [-0.2, 0) is 37.3 Å². The number of unbranched alkanes of at least 4 members (excludes halogenated alkanes) is 4. The quantitative estimate of drug-likeness (QED) is 0.150. The summed E-state index contributed by atoms with van der Waals surface area (Å²) in [7, 11) is -5.53. The Morgan fingerprint density at radius 1 is 0.738 bits per heavy atom. The number of esters is 1. The van der Waals surface area contributed by atoms with Crippen molar-refractivity contribution < 1.29 is 31.2 Å². The highest BCUT2D eigenvalue weighted by Gasteiger charge is 2.23. The van der Waals surface area contributed by atoms with Crippen molar-refractivity contribution in [2.75, 3.05) is 19.6 Å². The number of sulfone groups is 2. The Labute approximate surface area is 250 Å². The molecular formula is C30H45N3O7S2. The monoisotopic (exact) mass is 623 g/mol. The lowest BCUT2D eigenvalue weighted by Gasteiger charge is -2.14. The predicted molar refractivity (Wildman–Crippen MR) is 167 cm³/mol. The molecule has 234 valence electrons. The summed E-state index contributed by atoms with van der Waals surface area (Å²) in [6.07, 6.45) is 9.74. The van der Waals surface area contributed by atoms with Gasteiger partial charge in [0.1, 0.15) is 0 Å².